The van der Waals surface area contributed by atoms with Gasteiger partial charge < -0.3 is 29.2 Å². The van der Waals surface area contributed by atoms with Crippen molar-refractivity contribution in [3.8, 4) is 28.4 Å². The molecule has 8 nitrogen and oxygen atoms in total. The molecule has 1 aliphatic rings. The summed E-state index contributed by atoms with van der Waals surface area (Å²) in [6.07, 6.45) is 0. The molecule has 1 aromatic heterocycles. The fraction of sp³-hybridized carbons (Fsp3) is 0.226. The second-order valence-corrected chi connectivity index (χ2v) is 10.4. The number of carbonyl (C=O) groups is 2. The Kier molecular flexibility index (Phi) is 8.11. The highest BCUT2D eigenvalue weighted by molar-refractivity contribution is 9.10. The van der Waals surface area contributed by atoms with Crippen LogP contribution in [0, 0.1) is 6.92 Å². The van der Waals surface area contributed by atoms with Crippen molar-refractivity contribution >= 4 is 33.6 Å². The fourth-order valence-electron chi connectivity index (χ4n) is 4.99. The summed E-state index contributed by atoms with van der Waals surface area (Å²) in [4.78, 5) is 30.2. The Bertz CT molecular complexity index is 1530. The quantitative estimate of drug-likeness (QED) is 0.284. The third kappa shape index (κ3) is 5.56. The first kappa shape index (κ1) is 27.3. The van der Waals surface area contributed by atoms with Crippen molar-refractivity contribution in [3.05, 3.63) is 94.6 Å². The highest BCUT2D eigenvalue weighted by atomic mass is 79.9. The number of hydrogen-bond donors (Lipinski definition) is 1. The van der Waals surface area contributed by atoms with Crippen molar-refractivity contribution in [3.63, 3.8) is 0 Å². The van der Waals surface area contributed by atoms with Gasteiger partial charge in [-0.15, -0.1) is 0 Å². The largest absolute Gasteiger partial charge is 0.493 e. The van der Waals surface area contributed by atoms with Gasteiger partial charge in [0, 0.05) is 53.8 Å². The van der Waals surface area contributed by atoms with Gasteiger partial charge in [0.1, 0.15) is 0 Å². The number of ether oxygens (including phenoxy) is 2. The molecule has 1 fully saturated rings. The number of aromatic nitrogens is 1. The lowest BCUT2D eigenvalue weighted by Crippen LogP contribution is -2.51. The Morgan fingerprint density at radius 1 is 0.800 bits per heavy atom. The molecule has 1 N–H and O–H groups in total. The van der Waals surface area contributed by atoms with E-state index in [0.29, 0.717) is 43.2 Å². The second kappa shape index (κ2) is 11.9. The van der Waals surface area contributed by atoms with Crippen LogP contribution in [0.1, 0.15) is 16.1 Å². The van der Waals surface area contributed by atoms with Crippen LogP contribution in [0.3, 0.4) is 0 Å². The summed E-state index contributed by atoms with van der Waals surface area (Å²) in [6.45, 7) is 3.76. The van der Waals surface area contributed by atoms with Crippen molar-refractivity contribution in [2.75, 3.05) is 45.7 Å². The molecule has 40 heavy (non-hydrogen) atoms. The van der Waals surface area contributed by atoms with Gasteiger partial charge >= 0.3 is 6.03 Å². The van der Waals surface area contributed by atoms with Crippen LogP contribution in [-0.4, -0.2) is 66.7 Å². The number of carbonyl (C=O) groups excluding carboxylic acids is 2. The van der Waals surface area contributed by atoms with E-state index < -0.39 is 0 Å². The normalized spacial score (nSPS) is 13.2. The number of rotatable bonds is 6. The van der Waals surface area contributed by atoms with Crippen LogP contribution in [-0.2, 0) is 0 Å². The van der Waals surface area contributed by atoms with Gasteiger partial charge in [-0.3, -0.25) is 4.79 Å². The van der Waals surface area contributed by atoms with Crippen LogP contribution in [0.2, 0.25) is 0 Å². The maximum absolute atomic E-state index is 13.8. The lowest BCUT2D eigenvalue weighted by atomic mass is 10.1. The first-order valence-corrected chi connectivity index (χ1v) is 13.8. The average Bonchev–Trinajstić information content (AvgIpc) is 3.33. The van der Waals surface area contributed by atoms with Crippen LogP contribution in [0.15, 0.2) is 83.3 Å². The van der Waals surface area contributed by atoms with E-state index in [1.54, 1.807) is 19.1 Å². The van der Waals surface area contributed by atoms with Gasteiger partial charge in [-0.05, 0) is 48.9 Å². The van der Waals surface area contributed by atoms with E-state index in [-0.39, 0.29) is 11.9 Å². The summed E-state index contributed by atoms with van der Waals surface area (Å²) in [7, 11) is 3.21. The molecule has 3 amide bonds. The number of amides is 3. The third-order valence-corrected chi connectivity index (χ3v) is 7.60. The smallest absolute Gasteiger partial charge is 0.321 e. The summed E-state index contributed by atoms with van der Waals surface area (Å²) < 4.78 is 14.0. The van der Waals surface area contributed by atoms with E-state index in [1.807, 2.05) is 90.7 Å². The maximum Gasteiger partial charge on any atom is 0.321 e. The average molecular weight is 604 g/mol. The van der Waals surface area contributed by atoms with Crippen LogP contribution >= 0.6 is 15.9 Å². The van der Waals surface area contributed by atoms with E-state index in [2.05, 4.69) is 25.8 Å². The van der Waals surface area contributed by atoms with E-state index in [0.717, 1.165) is 32.8 Å². The SMILES string of the molecule is COc1ccc(-n2c(-c3ccccc3)cc(C(=O)N3CCN(C(=O)Nc4cccc(Br)c4)CC3)c2C)cc1OC. The van der Waals surface area contributed by atoms with Gasteiger partial charge in [-0.1, -0.05) is 52.3 Å². The number of halogens is 1. The molecule has 0 bridgehead atoms. The van der Waals surface area contributed by atoms with Gasteiger partial charge in [-0.25, -0.2) is 4.79 Å². The molecule has 0 saturated carbocycles. The van der Waals surface area contributed by atoms with E-state index in [9.17, 15) is 9.59 Å². The molecule has 9 heteroatoms. The number of anilines is 1. The molecule has 0 aliphatic carbocycles. The molecule has 1 aliphatic heterocycles. The molecular weight excluding hydrogens is 572 g/mol. The molecule has 0 atom stereocenters. The standard InChI is InChI=1S/C31H31BrN4O4/c1-21-26(30(37)34-14-16-35(17-15-34)31(38)33-24-11-7-10-23(32)18-24)20-27(22-8-5-4-6-9-22)36(21)25-12-13-28(39-2)29(19-25)40-3/h4-13,18-20H,14-17H2,1-3H3,(H,33,38). The molecule has 5 rings (SSSR count). The molecule has 4 aromatic rings. The fourth-order valence-corrected chi connectivity index (χ4v) is 5.39. The van der Waals surface area contributed by atoms with Gasteiger partial charge in [0.15, 0.2) is 11.5 Å². The van der Waals surface area contributed by atoms with Crippen molar-refractivity contribution in [2.45, 2.75) is 6.92 Å². The molecule has 0 radical (unpaired) electrons. The monoisotopic (exact) mass is 602 g/mol. The number of benzene rings is 3. The molecule has 2 heterocycles. The molecule has 206 valence electrons. The van der Waals surface area contributed by atoms with Crippen LogP contribution in [0.25, 0.3) is 16.9 Å². The van der Waals surface area contributed by atoms with Gasteiger partial charge in [-0.2, -0.15) is 0 Å². The van der Waals surface area contributed by atoms with Crippen molar-refractivity contribution < 1.29 is 19.1 Å². The lowest BCUT2D eigenvalue weighted by molar-refractivity contribution is 0.0671. The minimum absolute atomic E-state index is 0.0547. The first-order chi connectivity index (χ1) is 19.4. The van der Waals surface area contributed by atoms with Crippen molar-refractivity contribution in [1.29, 1.82) is 0 Å². The molecule has 0 unspecified atom stereocenters. The highest BCUT2D eigenvalue weighted by Crippen LogP contribution is 2.35. The Hall–Kier alpha value is -4.24. The van der Waals surface area contributed by atoms with Gasteiger partial charge in [0.2, 0.25) is 0 Å². The van der Waals surface area contributed by atoms with Crippen LogP contribution in [0.4, 0.5) is 10.5 Å². The number of urea groups is 1. The zero-order valence-corrected chi connectivity index (χ0v) is 24.3. The first-order valence-electron chi connectivity index (χ1n) is 13.0. The third-order valence-electron chi connectivity index (χ3n) is 7.10. The maximum atomic E-state index is 13.8. The number of hydrogen-bond acceptors (Lipinski definition) is 4. The van der Waals surface area contributed by atoms with Crippen molar-refractivity contribution in [1.82, 2.24) is 14.4 Å². The number of nitrogens with one attached hydrogen (secondary N) is 1. The van der Waals surface area contributed by atoms with E-state index >= 15 is 0 Å². The summed E-state index contributed by atoms with van der Waals surface area (Å²) in [6, 6.07) is 25.0. The number of piperazine rings is 1. The zero-order chi connectivity index (χ0) is 28.2. The van der Waals surface area contributed by atoms with Crippen molar-refractivity contribution in [2.24, 2.45) is 0 Å². The predicted molar refractivity (Wildman–Crippen MR) is 160 cm³/mol. The lowest BCUT2D eigenvalue weighted by Gasteiger charge is -2.34. The zero-order valence-electron chi connectivity index (χ0n) is 22.7. The predicted octanol–water partition coefficient (Wildman–Crippen LogP) is 6.22. The highest BCUT2D eigenvalue weighted by Gasteiger charge is 2.28. The van der Waals surface area contributed by atoms with Crippen LogP contribution in [0.5, 0.6) is 11.5 Å². The Balaban J connectivity index is 1.39. The number of nitrogens with zero attached hydrogens (tertiary/aromatic N) is 3. The molecule has 3 aromatic carbocycles. The number of methoxy groups -OCH3 is 2. The summed E-state index contributed by atoms with van der Waals surface area (Å²) in [5.41, 5.74) is 4.93. The van der Waals surface area contributed by atoms with Gasteiger partial charge in [0.25, 0.3) is 5.91 Å². The molecular formula is C31H31BrN4O4. The summed E-state index contributed by atoms with van der Waals surface area (Å²) >= 11 is 3.43. The Morgan fingerprint density at radius 2 is 1.50 bits per heavy atom. The minimum Gasteiger partial charge on any atom is -0.493 e. The molecule has 0 spiro atoms. The van der Waals surface area contributed by atoms with Gasteiger partial charge in [0.05, 0.1) is 25.5 Å². The summed E-state index contributed by atoms with van der Waals surface area (Å²) in [5.74, 6) is 1.19. The van der Waals surface area contributed by atoms with E-state index in [4.69, 9.17) is 9.47 Å². The Morgan fingerprint density at radius 3 is 2.17 bits per heavy atom. The van der Waals surface area contributed by atoms with E-state index in [1.165, 1.54) is 0 Å². The summed E-state index contributed by atoms with van der Waals surface area (Å²) in [5, 5.41) is 2.93. The second-order valence-electron chi connectivity index (χ2n) is 9.49. The Labute approximate surface area is 242 Å². The topological polar surface area (TPSA) is 76.0 Å². The van der Waals surface area contributed by atoms with Crippen LogP contribution < -0.4 is 14.8 Å². The molecule has 1 saturated heterocycles. The minimum atomic E-state index is -0.174.